The minimum atomic E-state index is -0.334. The van der Waals surface area contributed by atoms with Crippen LogP contribution in [0.5, 0.6) is 0 Å². The van der Waals surface area contributed by atoms with E-state index in [1.165, 1.54) is 0 Å². The van der Waals surface area contributed by atoms with Gasteiger partial charge in [-0.3, -0.25) is 0 Å². The second kappa shape index (κ2) is 8.58. The Balaban J connectivity index is 1.76. The van der Waals surface area contributed by atoms with Gasteiger partial charge >= 0.3 is 5.84 Å². The number of hydrazone groups is 1. The number of para-hydroxylation sites is 1. The minimum absolute atomic E-state index is 0.178. The van der Waals surface area contributed by atoms with Gasteiger partial charge in [-0.05, 0) is 49.7 Å². The zero-order valence-corrected chi connectivity index (χ0v) is 19.4. The molecule has 0 amide bonds. The third kappa shape index (κ3) is 3.74. The van der Waals surface area contributed by atoms with E-state index < -0.39 is 0 Å². The van der Waals surface area contributed by atoms with Crippen LogP contribution in [0.15, 0.2) is 78.3 Å². The molecule has 0 aliphatic carbocycles. The number of rotatable bonds is 3. The van der Waals surface area contributed by atoms with E-state index in [4.69, 9.17) is 22.4 Å². The van der Waals surface area contributed by atoms with Gasteiger partial charge < -0.3 is 5.73 Å². The number of halogens is 1. The molecule has 4 aromatic rings. The molecule has 2 aromatic carbocycles. The predicted molar refractivity (Wildman–Crippen MR) is 133 cm³/mol. The van der Waals surface area contributed by atoms with E-state index in [9.17, 15) is 5.26 Å². The third-order valence-corrected chi connectivity index (χ3v) is 6.02. The van der Waals surface area contributed by atoms with Gasteiger partial charge in [-0.15, -0.1) is 4.68 Å². The molecule has 5 rings (SSSR count). The van der Waals surface area contributed by atoms with Crippen molar-refractivity contribution in [2.24, 2.45) is 5.10 Å². The second-order valence-electron chi connectivity index (χ2n) is 8.08. The second-order valence-corrected chi connectivity index (χ2v) is 8.51. The van der Waals surface area contributed by atoms with Crippen molar-refractivity contribution in [2.75, 3.05) is 5.73 Å². The Morgan fingerprint density at radius 1 is 1.09 bits per heavy atom. The van der Waals surface area contributed by atoms with Crippen molar-refractivity contribution in [2.45, 2.75) is 19.8 Å². The molecule has 1 unspecified atom stereocenters. The summed E-state index contributed by atoms with van der Waals surface area (Å²) in [6.45, 7) is 3.89. The van der Waals surface area contributed by atoms with Gasteiger partial charge in [0.15, 0.2) is 12.0 Å². The molecule has 166 valence electrons. The van der Waals surface area contributed by atoms with Crippen LogP contribution in [0.1, 0.15) is 29.7 Å². The third-order valence-electron chi connectivity index (χ3n) is 5.77. The highest BCUT2D eigenvalue weighted by Gasteiger charge is 2.40. The van der Waals surface area contributed by atoms with Crippen LogP contribution in [-0.2, 0) is 0 Å². The van der Waals surface area contributed by atoms with Crippen LogP contribution < -0.4 is 5.73 Å². The van der Waals surface area contributed by atoms with Gasteiger partial charge in [0.05, 0.1) is 22.7 Å². The topological polar surface area (TPSA) is 95.9 Å². The molecule has 34 heavy (non-hydrogen) atoms. The van der Waals surface area contributed by atoms with Crippen LogP contribution >= 0.6 is 11.6 Å². The van der Waals surface area contributed by atoms with Gasteiger partial charge in [-0.2, -0.15) is 9.83 Å². The Morgan fingerprint density at radius 2 is 1.82 bits per heavy atom. The summed E-state index contributed by atoms with van der Waals surface area (Å²) in [5.74, 6) is 0.685. The largest absolute Gasteiger partial charge is 0.383 e. The molecule has 3 heterocycles. The maximum absolute atomic E-state index is 10.0. The molecule has 0 saturated heterocycles. The number of benzene rings is 2. The number of aromatic nitrogens is 3. The fourth-order valence-corrected chi connectivity index (χ4v) is 4.33. The van der Waals surface area contributed by atoms with Gasteiger partial charge in [0, 0.05) is 10.6 Å². The van der Waals surface area contributed by atoms with Gasteiger partial charge in [0.2, 0.25) is 0 Å². The van der Waals surface area contributed by atoms with Crippen LogP contribution in [-0.4, -0.2) is 30.8 Å². The lowest BCUT2D eigenvalue weighted by atomic mass is 9.89. The van der Waals surface area contributed by atoms with Gasteiger partial charge in [-0.1, -0.05) is 47.0 Å². The normalized spacial score (nSPS) is 15.4. The van der Waals surface area contributed by atoms with Crippen molar-refractivity contribution >= 4 is 34.7 Å². The average molecular weight is 467 g/mol. The molecule has 0 saturated carbocycles. The lowest BCUT2D eigenvalue weighted by Crippen LogP contribution is -2.27. The maximum Gasteiger partial charge on any atom is 0.301 e. The molecule has 8 heteroatoms. The molecule has 1 atom stereocenters. The zero-order chi connectivity index (χ0) is 23.8. The van der Waals surface area contributed by atoms with Gasteiger partial charge in [-0.25, -0.2) is 9.97 Å². The van der Waals surface area contributed by atoms with E-state index in [0.29, 0.717) is 16.3 Å². The van der Waals surface area contributed by atoms with Crippen molar-refractivity contribution in [3.8, 4) is 17.3 Å². The fraction of sp³-hybridized carbons (Fsp3) is 0.115. The summed E-state index contributed by atoms with van der Waals surface area (Å²) in [6.07, 6.45) is 3.71. The lowest BCUT2D eigenvalue weighted by molar-refractivity contribution is -0.444. The molecule has 0 radical (unpaired) electrons. The zero-order valence-electron chi connectivity index (χ0n) is 18.6. The highest BCUT2D eigenvalue weighted by atomic mass is 35.5. The van der Waals surface area contributed by atoms with Crippen LogP contribution in [0.2, 0.25) is 5.02 Å². The first-order chi connectivity index (χ1) is 16.5. The summed E-state index contributed by atoms with van der Waals surface area (Å²) in [4.78, 5) is 8.94. The average Bonchev–Trinajstić information content (AvgIpc) is 3.42. The molecular weight excluding hydrogens is 446 g/mol. The van der Waals surface area contributed by atoms with E-state index in [2.05, 4.69) is 16.0 Å². The molecule has 2 aromatic heterocycles. The summed E-state index contributed by atoms with van der Waals surface area (Å²) >= 11 is 6.07. The number of pyridine rings is 1. The quantitative estimate of drug-likeness (QED) is 0.423. The summed E-state index contributed by atoms with van der Waals surface area (Å²) < 4.78 is 3.84. The van der Waals surface area contributed by atoms with E-state index in [-0.39, 0.29) is 11.7 Å². The van der Waals surface area contributed by atoms with Gasteiger partial charge in [0.25, 0.3) is 0 Å². The predicted octanol–water partition coefficient (Wildman–Crippen LogP) is 5.12. The number of nitriles is 1. The highest BCUT2D eigenvalue weighted by Crippen LogP contribution is 2.35. The number of imidazole rings is 1. The van der Waals surface area contributed by atoms with Crippen LogP contribution in [0, 0.1) is 18.3 Å². The SMILES string of the molecule is CC1=N[N+](c2ccccc2)=C(n2cnc(C)c2)C1c1cc(-c2ccc(Cl)cc2)nc(N)c1C#N. The number of aryl methyl sites for hydroxylation is 1. The van der Waals surface area contributed by atoms with E-state index in [1.807, 2.05) is 77.8 Å². The molecule has 1 aliphatic rings. The first kappa shape index (κ1) is 21.6. The van der Waals surface area contributed by atoms with Crippen LogP contribution in [0.25, 0.3) is 11.3 Å². The number of nitrogens with zero attached hydrogens (tertiary/aromatic N) is 6. The molecule has 0 bridgehead atoms. The van der Waals surface area contributed by atoms with E-state index in [0.717, 1.165) is 34.1 Å². The Morgan fingerprint density at radius 3 is 2.47 bits per heavy atom. The monoisotopic (exact) mass is 466 g/mol. The Kier molecular flexibility index (Phi) is 5.44. The molecule has 2 N–H and O–H groups in total. The van der Waals surface area contributed by atoms with Crippen molar-refractivity contribution < 1.29 is 4.68 Å². The number of hydrogen-bond acceptors (Lipinski definition) is 5. The number of nitrogens with two attached hydrogens (primary N) is 1. The summed E-state index contributed by atoms with van der Waals surface area (Å²) in [5.41, 5.74) is 11.5. The summed E-state index contributed by atoms with van der Waals surface area (Å²) in [7, 11) is 0. The van der Waals surface area contributed by atoms with E-state index in [1.54, 1.807) is 18.5 Å². The molecule has 0 fully saturated rings. The Labute approximate surface area is 202 Å². The van der Waals surface area contributed by atoms with Crippen molar-refractivity contribution in [1.29, 1.82) is 5.26 Å². The number of anilines is 1. The fourth-order valence-electron chi connectivity index (χ4n) is 4.21. The summed E-state index contributed by atoms with van der Waals surface area (Å²) in [5, 5.41) is 15.5. The Hall–Kier alpha value is -4.28. The maximum atomic E-state index is 10.0. The van der Waals surface area contributed by atoms with Gasteiger partial charge in [0.1, 0.15) is 24.0 Å². The number of nitrogen functional groups attached to an aromatic ring is 1. The summed E-state index contributed by atoms with van der Waals surface area (Å²) in [6, 6.07) is 21.4. The number of hydrogen-bond donors (Lipinski definition) is 1. The minimum Gasteiger partial charge on any atom is -0.383 e. The lowest BCUT2D eigenvalue weighted by Gasteiger charge is -2.15. The van der Waals surface area contributed by atoms with Crippen molar-refractivity contribution in [3.05, 3.63) is 95.0 Å². The Bertz CT molecular complexity index is 1490. The van der Waals surface area contributed by atoms with Crippen molar-refractivity contribution in [3.63, 3.8) is 0 Å². The molecule has 7 nitrogen and oxygen atoms in total. The smallest absolute Gasteiger partial charge is 0.301 e. The van der Waals surface area contributed by atoms with Crippen molar-refractivity contribution in [1.82, 2.24) is 14.5 Å². The standard InChI is InChI=1S/C26H21ClN7/c1-16-14-33(15-30-16)26-24(17(2)32-34(26)20-6-4-3-5-7-20)21-12-23(31-25(29)22(21)13-28)18-8-10-19(27)11-9-18/h3-12,14-15,24H,1-2H3,(H2,29,31)/q+1. The molecule has 1 aliphatic heterocycles. The van der Waals surface area contributed by atoms with Crippen LogP contribution in [0.3, 0.4) is 0 Å². The highest BCUT2D eigenvalue weighted by molar-refractivity contribution is 6.30. The first-order valence-corrected chi connectivity index (χ1v) is 11.1. The first-order valence-electron chi connectivity index (χ1n) is 10.7. The van der Waals surface area contributed by atoms with Crippen LogP contribution in [0.4, 0.5) is 11.5 Å². The van der Waals surface area contributed by atoms with E-state index >= 15 is 0 Å². The molecule has 0 spiro atoms. The molecular formula is C26H21ClN7+.